The van der Waals surface area contributed by atoms with Crippen molar-refractivity contribution in [1.82, 2.24) is 20.5 Å². The van der Waals surface area contributed by atoms with E-state index < -0.39 is 26.8 Å². The van der Waals surface area contributed by atoms with Crippen molar-refractivity contribution in [3.8, 4) is 11.1 Å². The van der Waals surface area contributed by atoms with Gasteiger partial charge in [0.2, 0.25) is 11.9 Å². The summed E-state index contributed by atoms with van der Waals surface area (Å²) in [5.74, 6) is -0.0246. The molecular formula is C18H16ClF3N6O2S. The quantitative estimate of drug-likeness (QED) is 0.449. The lowest BCUT2D eigenvalue weighted by atomic mass is 9.98. The number of hydrogen-bond acceptors (Lipinski definition) is 7. The summed E-state index contributed by atoms with van der Waals surface area (Å²) in [6, 6.07) is 7.39. The van der Waals surface area contributed by atoms with Crippen LogP contribution in [0.15, 0.2) is 41.3 Å². The van der Waals surface area contributed by atoms with E-state index in [4.69, 9.17) is 17.3 Å². The Balaban J connectivity index is 1.73. The summed E-state index contributed by atoms with van der Waals surface area (Å²) in [6.07, 6.45) is -4.73. The second-order valence-corrected chi connectivity index (χ2v) is 9.53. The lowest BCUT2D eigenvalue weighted by Gasteiger charge is -2.26. The summed E-state index contributed by atoms with van der Waals surface area (Å²) < 4.78 is 66.4. The topological polar surface area (TPSA) is 126 Å². The molecule has 0 aliphatic carbocycles. The van der Waals surface area contributed by atoms with Gasteiger partial charge in [0.25, 0.3) is 0 Å². The summed E-state index contributed by atoms with van der Waals surface area (Å²) >= 11 is 6.22. The number of H-pyrrole nitrogens is 1. The van der Waals surface area contributed by atoms with Crippen LogP contribution in [0.5, 0.6) is 0 Å². The highest BCUT2D eigenvalue weighted by Crippen LogP contribution is 2.43. The number of nitrogen functional groups attached to an aromatic ring is 1. The minimum absolute atomic E-state index is 0.00557. The van der Waals surface area contributed by atoms with Gasteiger partial charge in [-0.05, 0) is 29.8 Å². The van der Waals surface area contributed by atoms with Crippen LogP contribution in [0.3, 0.4) is 0 Å². The second kappa shape index (κ2) is 7.70. The van der Waals surface area contributed by atoms with Crippen LogP contribution in [0.2, 0.25) is 5.02 Å². The molecule has 8 nitrogen and oxygen atoms in total. The molecule has 2 heterocycles. The van der Waals surface area contributed by atoms with Gasteiger partial charge in [-0.3, -0.25) is 0 Å². The normalized spacial score (nSPS) is 15.0. The van der Waals surface area contributed by atoms with Gasteiger partial charge in [0.1, 0.15) is 0 Å². The van der Waals surface area contributed by atoms with E-state index in [1.165, 1.54) is 30.3 Å². The van der Waals surface area contributed by atoms with Gasteiger partial charge in [0, 0.05) is 24.3 Å². The molecule has 0 spiro atoms. The molecule has 1 fully saturated rings. The van der Waals surface area contributed by atoms with Crippen molar-refractivity contribution in [3.05, 3.63) is 47.0 Å². The number of nitrogens with one attached hydrogen (secondary N) is 3. The Labute approximate surface area is 179 Å². The number of nitrogens with zero attached hydrogens (tertiary/aromatic N) is 2. The molecule has 1 saturated heterocycles. The Morgan fingerprint density at radius 3 is 2.35 bits per heavy atom. The molecule has 1 aromatic heterocycles. The fourth-order valence-electron chi connectivity index (χ4n) is 3.14. The van der Waals surface area contributed by atoms with Gasteiger partial charge in [0.15, 0.2) is 9.84 Å². The van der Waals surface area contributed by atoms with E-state index in [-0.39, 0.29) is 38.6 Å². The molecule has 1 aliphatic rings. The minimum Gasteiger partial charge on any atom is -0.368 e. The minimum atomic E-state index is -4.73. The molecule has 0 bridgehead atoms. The van der Waals surface area contributed by atoms with Crippen molar-refractivity contribution in [1.29, 1.82) is 0 Å². The summed E-state index contributed by atoms with van der Waals surface area (Å²) in [5, 5.41) is 10.9. The third-order valence-electron chi connectivity index (χ3n) is 4.81. The molecule has 0 saturated carbocycles. The second-order valence-electron chi connectivity index (χ2n) is 6.90. The Hall–Kier alpha value is -2.83. The number of aromatic nitrogens is 3. The van der Waals surface area contributed by atoms with Crippen LogP contribution in [-0.2, 0) is 16.0 Å². The monoisotopic (exact) mass is 472 g/mol. The zero-order valence-electron chi connectivity index (χ0n) is 15.7. The number of sulfone groups is 1. The third kappa shape index (κ3) is 4.18. The van der Waals surface area contributed by atoms with Crippen LogP contribution < -0.4 is 16.4 Å². The van der Waals surface area contributed by atoms with Crippen molar-refractivity contribution in [3.63, 3.8) is 0 Å². The van der Waals surface area contributed by atoms with Gasteiger partial charge in [-0.2, -0.15) is 18.2 Å². The molecule has 0 atom stereocenters. The lowest BCUT2D eigenvalue weighted by Crippen LogP contribution is -2.51. The van der Waals surface area contributed by atoms with E-state index in [2.05, 4.69) is 25.8 Å². The summed E-state index contributed by atoms with van der Waals surface area (Å²) in [4.78, 5) is 3.83. The maximum Gasteiger partial charge on any atom is 0.417 e. The van der Waals surface area contributed by atoms with Crippen LogP contribution in [0.25, 0.3) is 11.1 Å². The van der Waals surface area contributed by atoms with Gasteiger partial charge in [-0.15, -0.1) is 5.10 Å². The first-order valence-corrected chi connectivity index (χ1v) is 10.9. The molecule has 3 aromatic rings. The number of benzene rings is 2. The molecule has 31 heavy (non-hydrogen) atoms. The first-order valence-electron chi connectivity index (χ1n) is 8.96. The van der Waals surface area contributed by atoms with E-state index in [0.29, 0.717) is 13.1 Å². The highest BCUT2D eigenvalue weighted by molar-refractivity contribution is 7.92. The van der Waals surface area contributed by atoms with E-state index in [0.717, 1.165) is 6.07 Å². The first-order chi connectivity index (χ1) is 14.6. The number of nitrogens with two attached hydrogens (primary N) is 1. The van der Waals surface area contributed by atoms with Crippen LogP contribution in [0.1, 0.15) is 5.56 Å². The van der Waals surface area contributed by atoms with Crippen molar-refractivity contribution < 1.29 is 21.6 Å². The first kappa shape index (κ1) is 21.4. The average molecular weight is 473 g/mol. The van der Waals surface area contributed by atoms with Crippen molar-refractivity contribution in [2.75, 3.05) is 24.1 Å². The van der Waals surface area contributed by atoms with E-state index in [1.54, 1.807) is 0 Å². The highest BCUT2D eigenvalue weighted by Gasteiger charge is 2.36. The Morgan fingerprint density at radius 2 is 1.84 bits per heavy atom. The number of rotatable bonds is 5. The molecule has 5 N–H and O–H groups in total. The van der Waals surface area contributed by atoms with E-state index >= 15 is 0 Å². The van der Waals surface area contributed by atoms with Gasteiger partial charge in [-0.25, -0.2) is 13.5 Å². The van der Waals surface area contributed by atoms with Crippen LogP contribution in [-0.4, -0.2) is 41.9 Å². The van der Waals surface area contributed by atoms with Gasteiger partial charge in [0.05, 0.1) is 20.7 Å². The summed E-state index contributed by atoms with van der Waals surface area (Å²) in [5.41, 5.74) is 4.30. The SMILES string of the molecule is Nc1nc(Nc2cc(Cl)c(-c3ccc(S(=O)(=O)C4CNC4)cc3)c(C(F)(F)F)c2)n[nH]1. The highest BCUT2D eigenvalue weighted by atomic mass is 35.5. The number of anilines is 3. The van der Waals surface area contributed by atoms with Crippen molar-refractivity contribution in [2.24, 2.45) is 0 Å². The average Bonchev–Trinajstić information content (AvgIpc) is 3.03. The van der Waals surface area contributed by atoms with Crippen LogP contribution >= 0.6 is 11.6 Å². The standard InChI is InChI=1S/C18H16ClF3N6O2S/c19-14-6-10(25-17-26-16(23)27-28-17)5-13(18(20,21)22)15(14)9-1-3-11(4-2-9)31(29,30)12-7-24-8-12/h1-6,12,24H,7-8H2,(H4,23,25,26,27,28). The number of hydrogen-bond donors (Lipinski definition) is 4. The molecule has 164 valence electrons. The lowest BCUT2D eigenvalue weighted by molar-refractivity contribution is -0.137. The molecule has 2 aromatic carbocycles. The van der Waals surface area contributed by atoms with Crippen molar-refractivity contribution in [2.45, 2.75) is 16.3 Å². The van der Waals surface area contributed by atoms with Gasteiger partial charge in [-0.1, -0.05) is 23.7 Å². The number of alkyl halides is 3. The van der Waals surface area contributed by atoms with E-state index in [1.807, 2.05) is 0 Å². The largest absolute Gasteiger partial charge is 0.417 e. The fraction of sp³-hybridized carbons (Fsp3) is 0.222. The summed E-state index contributed by atoms with van der Waals surface area (Å²) in [6.45, 7) is 0.693. The van der Waals surface area contributed by atoms with Gasteiger partial charge < -0.3 is 16.4 Å². The zero-order valence-corrected chi connectivity index (χ0v) is 17.2. The third-order valence-corrected chi connectivity index (χ3v) is 7.25. The molecule has 13 heteroatoms. The maximum absolute atomic E-state index is 13.8. The predicted octanol–water partition coefficient (Wildman–Crippen LogP) is 3.22. The van der Waals surface area contributed by atoms with Crippen molar-refractivity contribution >= 4 is 39.0 Å². The van der Waals surface area contributed by atoms with Crippen LogP contribution in [0.4, 0.5) is 30.8 Å². The fourth-order valence-corrected chi connectivity index (χ4v) is 5.04. The smallest absolute Gasteiger partial charge is 0.368 e. The Kier molecular flexibility index (Phi) is 5.31. The summed E-state index contributed by atoms with van der Waals surface area (Å²) in [7, 11) is -3.54. The molecule has 4 rings (SSSR count). The Morgan fingerprint density at radius 1 is 1.16 bits per heavy atom. The Bertz CT molecular complexity index is 1220. The van der Waals surface area contributed by atoms with Gasteiger partial charge >= 0.3 is 6.18 Å². The molecule has 0 unspecified atom stereocenters. The number of halogens is 4. The van der Waals surface area contributed by atoms with E-state index in [9.17, 15) is 21.6 Å². The zero-order chi connectivity index (χ0) is 22.4. The molecular weight excluding hydrogens is 457 g/mol. The molecule has 0 radical (unpaired) electrons. The molecule has 1 aliphatic heterocycles. The number of aromatic amines is 1. The maximum atomic E-state index is 13.8. The van der Waals surface area contributed by atoms with Crippen LogP contribution in [0, 0.1) is 0 Å². The molecule has 0 amide bonds. The predicted molar refractivity (Wildman–Crippen MR) is 110 cm³/mol.